The molecule has 2 rings (SSSR count). The molecule has 0 saturated heterocycles. The number of hydrogen-bond donors (Lipinski definition) is 2. The Labute approximate surface area is 115 Å². The Morgan fingerprint density at radius 2 is 2.15 bits per heavy atom. The van der Waals surface area contributed by atoms with E-state index >= 15 is 0 Å². The number of rotatable bonds is 6. The van der Waals surface area contributed by atoms with Gasteiger partial charge in [-0.25, -0.2) is 9.78 Å². The SMILES string of the molecule is COCCCn1c(=O)n(C)c(=O)c2[nH]c(CCN)nc21. The quantitative estimate of drug-likeness (QED) is 0.658. The first-order valence-corrected chi connectivity index (χ1v) is 6.47. The summed E-state index contributed by atoms with van der Waals surface area (Å²) >= 11 is 0. The van der Waals surface area contributed by atoms with Crippen LogP contribution >= 0.6 is 0 Å². The van der Waals surface area contributed by atoms with Crippen molar-refractivity contribution in [1.82, 2.24) is 19.1 Å². The minimum Gasteiger partial charge on any atom is -0.385 e. The summed E-state index contributed by atoms with van der Waals surface area (Å²) in [6.45, 7) is 1.41. The maximum atomic E-state index is 12.2. The summed E-state index contributed by atoms with van der Waals surface area (Å²) in [6, 6.07) is 0. The van der Waals surface area contributed by atoms with Crippen LogP contribution in [0, 0.1) is 0 Å². The van der Waals surface area contributed by atoms with Gasteiger partial charge in [0.05, 0.1) is 0 Å². The van der Waals surface area contributed by atoms with Crippen molar-refractivity contribution in [3.63, 3.8) is 0 Å². The van der Waals surface area contributed by atoms with Crippen molar-refractivity contribution in [3.8, 4) is 0 Å². The van der Waals surface area contributed by atoms with E-state index in [1.54, 1.807) is 7.11 Å². The zero-order valence-corrected chi connectivity index (χ0v) is 11.7. The van der Waals surface area contributed by atoms with Crippen LogP contribution in [0.25, 0.3) is 11.2 Å². The maximum absolute atomic E-state index is 12.2. The number of imidazole rings is 1. The highest BCUT2D eigenvalue weighted by atomic mass is 16.5. The normalized spacial score (nSPS) is 11.3. The number of methoxy groups -OCH3 is 1. The fraction of sp³-hybridized carbons (Fsp3) is 0.583. The van der Waals surface area contributed by atoms with Crippen molar-refractivity contribution in [1.29, 1.82) is 0 Å². The first-order valence-electron chi connectivity index (χ1n) is 6.47. The van der Waals surface area contributed by atoms with Gasteiger partial charge < -0.3 is 15.5 Å². The molecule has 8 nitrogen and oxygen atoms in total. The van der Waals surface area contributed by atoms with E-state index < -0.39 is 0 Å². The minimum absolute atomic E-state index is 0.341. The Balaban J connectivity index is 2.58. The van der Waals surface area contributed by atoms with E-state index in [0.29, 0.717) is 49.5 Å². The van der Waals surface area contributed by atoms with Crippen molar-refractivity contribution < 1.29 is 4.74 Å². The number of nitrogens with two attached hydrogens (primary N) is 1. The lowest BCUT2D eigenvalue weighted by molar-refractivity contribution is 0.190. The van der Waals surface area contributed by atoms with Crippen LogP contribution in [0.15, 0.2) is 9.59 Å². The predicted octanol–water partition coefficient (Wildman–Crippen LogP) is -1.04. The van der Waals surface area contributed by atoms with Gasteiger partial charge >= 0.3 is 5.69 Å². The largest absolute Gasteiger partial charge is 0.385 e. The van der Waals surface area contributed by atoms with Crippen LogP contribution in [-0.2, 0) is 24.8 Å². The Morgan fingerprint density at radius 1 is 1.40 bits per heavy atom. The molecule has 2 aromatic heterocycles. The zero-order valence-electron chi connectivity index (χ0n) is 11.7. The van der Waals surface area contributed by atoms with E-state index in [-0.39, 0.29) is 11.2 Å². The molecule has 0 spiro atoms. The number of aryl methyl sites for hydroxylation is 1. The molecule has 0 saturated carbocycles. The summed E-state index contributed by atoms with van der Waals surface area (Å²) in [6.07, 6.45) is 1.20. The van der Waals surface area contributed by atoms with E-state index in [2.05, 4.69) is 9.97 Å². The molecule has 20 heavy (non-hydrogen) atoms. The van der Waals surface area contributed by atoms with Gasteiger partial charge in [-0.15, -0.1) is 0 Å². The molecular weight excluding hydrogens is 262 g/mol. The Morgan fingerprint density at radius 3 is 2.80 bits per heavy atom. The highest BCUT2D eigenvalue weighted by Gasteiger charge is 2.14. The highest BCUT2D eigenvalue weighted by molar-refractivity contribution is 5.69. The average molecular weight is 281 g/mol. The van der Waals surface area contributed by atoms with Crippen LogP contribution < -0.4 is 17.0 Å². The lowest BCUT2D eigenvalue weighted by Crippen LogP contribution is -2.38. The molecule has 0 aliphatic carbocycles. The minimum atomic E-state index is -0.372. The van der Waals surface area contributed by atoms with Crippen LogP contribution in [-0.4, -0.2) is 39.4 Å². The number of nitrogens with zero attached hydrogens (tertiary/aromatic N) is 3. The summed E-state index contributed by atoms with van der Waals surface area (Å²) in [7, 11) is 3.06. The molecule has 0 atom stereocenters. The molecule has 0 aliphatic rings. The summed E-state index contributed by atoms with van der Waals surface area (Å²) in [5, 5.41) is 0. The number of fused-ring (bicyclic) bond motifs is 1. The lowest BCUT2D eigenvalue weighted by Gasteiger charge is -2.07. The van der Waals surface area contributed by atoms with Crippen LogP contribution in [0.4, 0.5) is 0 Å². The van der Waals surface area contributed by atoms with E-state index in [1.807, 2.05) is 0 Å². The summed E-state index contributed by atoms with van der Waals surface area (Å²) in [5.41, 5.74) is 5.47. The number of aromatic amines is 1. The fourth-order valence-electron chi connectivity index (χ4n) is 2.11. The number of aromatic nitrogens is 4. The third kappa shape index (κ3) is 2.52. The number of hydrogen-bond acceptors (Lipinski definition) is 5. The van der Waals surface area contributed by atoms with E-state index in [0.717, 1.165) is 4.57 Å². The molecule has 0 unspecified atom stereocenters. The number of ether oxygens (including phenoxy) is 1. The Hall–Kier alpha value is -1.93. The summed E-state index contributed by atoms with van der Waals surface area (Å²) in [5.74, 6) is 0.616. The molecule has 0 aromatic carbocycles. The van der Waals surface area contributed by atoms with Gasteiger partial charge in [-0.05, 0) is 13.0 Å². The van der Waals surface area contributed by atoms with E-state index in [9.17, 15) is 9.59 Å². The summed E-state index contributed by atoms with van der Waals surface area (Å²) in [4.78, 5) is 31.5. The topological polar surface area (TPSA) is 108 Å². The van der Waals surface area contributed by atoms with Gasteiger partial charge in [0, 0.05) is 33.7 Å². The number of H-pyrrole nitrogens is 1. The van der Waals surface area contributed by atoms with Gasteiger partial charge in [0.25, 0.3) is 5.56 Å². The third-order valence-electron chi connectivity index (χ3n) is 3.14. The lowest BCUT2D eigenvalue weighted by atomic mass is 10.4. The highest BCUT2D eigenvalue weighted by Crippen LogP contribution is 2.06. The van der Waals surface area contributed by atoms with E-state index in [4.69, 9.17) is 10.5 Å². The monoisotopic (exact) mass is 281 g/mol. The third-order valence-corrected chi connectivity index (χ3v) is 3.14. The molecule has 2 heterocycles. The van der Waals surface area contributed by atoms with Gasteiger partial charge in [0.2, 0.25) is 0 Å². The molecule has 3 N–H and O–H groups in total. The molecule has 0 fully saturated rings. The van der Waals surface area contributed by atoms with Crippen molar-refractivity contribution in [2.75, 3.05) is 20.3 Å². The number of nitrogens with one attached hydrogen (secondary N) is 1. The second kappa shape index (κ2) is 6.02. The fourth-order valence-corrected chi connectivity index (χ4v) is 2.11. The molecule has 0 aliphatic heterocycles. The average Bonchev–Trinajstić information content (AvgIpc) is 2.84. The van der Waals surface area contributed by atoms with Crippen molar-refractivity contribution in [2.45, 2.75) is 19.4 Å². The molecule has 0 amide bonds. The van der Waals surface area contributed by atoms with Crippen LogP contribution in [0.1, 0.15) is 12.2 Å². The molecule has 110 valence electrons. The molecule has 0 radical (unpaired) electrons. The van der Waals surface area contributed by atoms with Crippen LogP contribution in [0.2, 0.25) is 0 Å². The predicted molar refractivity (Wildman–Crippen MR) is 74.8 cm³/mol. The van der Waals surface area contributed by atoms with Crippen molar-refractivity contribution >= 4 is 11.2 Å². The van der Waals surface area contributed by atoms with Crippen molar-refractivity contribution in [3.05, 3.63) is 26.7 Å². The molecule has 2 aromatic rings. The molecule has 8 heteroatoms. The summed E-state index contributed by atoms with van der Waals surface area (Å²) < 4.78 is 7.56. The van der Waals surface area contributed by atoms with Gasteiger partial charge in [0.15, 0.2) is 5.65 Å². The van der Waals surface area contributed by atoms with Crippen LogP contribution in [0.3, 0.4) is 0 Å². The van der Waals surface area contributed by atoms with Crippen LogP contribution in [0.5, 0.6) is 0 Å². The first-order chi connectivity index (χ1) is 9.60. The maximum Gasteiger partial charge on any atom is 0.332 e. The second-order valence-corrected chi connectivity index (χ2v) is 4.57. The van der Waals surface area contributed by atoms with Gasteiger partial charge in [0.1, 0.15) is 11.3 Å². The standard InChI is InChI=1S/C12H19N5O3/c1-16-11(18)9-10(15-8(14-9)4-5-13)17(12(16)19)6-3-7-20-2/h3-7,13H2,1-2H3,(H,14,15). The first kappa shape index (κ1) is 14.5. The Bertz CT molecular complexity index is 712. The van der Waals surface area contributed by atoms with Gasteiger partial charge in [-0.2, -0.15) is 0 Å². The Kier molecular flexibility index (Phi) is 4.35. The zero-order chi connectivity index (χ0) is 14.7. The second-order valence-electron chi connectivity index (χ2n) is 4.57. The molecule has 0 bridgehead atoms. The molecular formula is C12H19N5O3. The van der Waals surface area contributed by atoms with Gasteiger partial charge in [-0.3, -0.25) is 13.9 Å². The smallest absolute Gasteiger partial charge is 0.332 e. The van der Waals surface area contributed by atoms with Crippen molar-refractivity contribution in [2.24, 2.45) is 12.8 Å². The van der Waals surface area contributed by atoms with E-state index in [1.165, 1.54) is 11.6 Å². The van der Waals surface area contributed by atoms with Gasteiger partial charge in [-0.1, -0.05) is 0 Å².